The predicted molar refractivity (Wildman–Crippen MR) is 78.5 cm³/mol. The molecule has 1 aromatic rings. The number of rotatable bonds is 8. The molecule has 1 aromatic heterocycles. The van der Waals surface area contributed by atoms with Crippen LogP contribution in [0, 0.1) is 0 Å². The molecular weight excluding hydrogens is 275 g/mol. The van der Waals surface area contributed by atoms with Crippen molar-refractivity contribution in [3.8, 4) is 0 Å². The van der Waals surface area contributed by atoms with Gasteiger partial charge in [0.05, 0.1) is 8.67 Å². The van der Waals surface area contributed by atoms with E-state index in [0.717, 1.165) is 53.4 Å². The summed E-state index contributed by atoms with van der Waals surface area (Å²) in [6.07, 6.45) is 1.16. The zero-order valence-corrected chi connectivity index (χ0v) is 12.8. The zero-order valence-electron chi connectivity index (χ0n) is 10.4. The average molecular weight is 295 g/mol. The molecule has 0 aliphatic carbocycles. The van der Waals surface area contributed by atoms with E-state index in [4.69, 9.17) is 23.2 Å². The molecule has 0 aliphatic heterocycles. The molecule has 0 spiro atoms. The molecule has 17 heavy (non-hydrogen) atoms. The van der Waals surface area contributed by atoms with Crippen molar-refractivity contribution in [1.29, 1.82) is 0 Å². The van der Waals surface area contributed by atoms with Gasteiger partial charge in [0.15, 0.2) is 0 Å². The zero-order chi connectivity index (χ0) is 12.7. The SMILES string of the molecule is CCN(CC)CCCNCc1cc(Cl)sc1Cl. The van der Waals surface area contributed by atoms with Crippen molar-refractivity contribution in [3.05, 3.63) is 20.3 Å². The minimum Gasteiger partial charge on any atom is -0.313 e. The lowest BCUT2D eigenvalue weighted by Crippen LogP contribution is -2.27. The lowest BCUT2D eigenvalue weighted by Gasteiger charge is -2.17. The van der Waals surface area contributed by atoms with Gasteiger partial charge in [0, 0.05) is 6.54 Å². The summed E-state index contributed by atoms with van der Waals surface area (Å²) in [6.45, 7) is 9.62. The van der Waals surface area contributed by atoms with Crippen LogP contribution in [0.15, 0.2) is 6.07 Å². The van der Waals surface area contributed by atoms with Gasteiger partial charge >= 0.3 is 0 Å². The van der Waals surface area contributed by atoms with E-state index in [-0.39, 0.29) is 0 Å². The second-order valence-electron chi connectivity index (χ2n) is 3.91. The molecule has 0 atom stereocenters. The normalized spacial score (nSPS) is 11.4. The smallest absolute Gasteiger partial charge is 0.0989 e. The third kappa shape index (κ3) is 5.58. The summed E-state index contributed by atoms with van der Waals surface area (Å²) in [5.41, 5.74) is 1.10. The van der Waals surface area contributed by atoms with Gasteiger partial charge in [-0.3, -0.25) is 0 Å². The maximum atomic E-state index is 6.04. The summed E-state index contributed by atoms with van der Waals surface area (Å²) in [5, 5.41) is 3.40. The molecule has 0 amide bonds. The average Bonchev–Trinajstić information content (AvgIpc) is 2.62. The van der Waals surface area contributed by atoms with Crippen molar-refractivity contribution in [1.82, 2.24) is 10.2 Å². The van der Waals surface area contributed by atoms with Crippen LogP contribution in [0.2, 0.25) is 8.67 Å². The Balaban J connectivity index is 2.14. The number of halogens is 2. The van der Waals surface area contributed by atoms with E-state index in [0.29, 0.717) is 0 Å². The van der Waals surface area contributed by atoms with E-state index in [2.05, 4.69) is 24.1 Å². The second kappa shape index (κ2) is 8.33. The Hall–Kier alpha value is 0.200. The monoisotopic (exact) mass is 294 g/mol. The minimum absolute atomic E-state index is 0.759. The highest BCUT2D eigenvalue weighted by Gasteiger charge is 2.05. The highest BCUT2D eigenvalue weighted by molar-refractivity contribution is 7.20. The summed E-state index contributed by atoms with van der Waals surface area (Å²) in [6, 6.07) is 1.94. The van der Waals surface area contributed by atoms with Gasteiger partial charge in [-0.05, 0) is 44.2 Å². The molecule has 0 fully saturated rings. The van der Waals surface area contributed by atoms with Crippen LogP contribution in [0.4, 0.5) is 0 Å². The molecule has 5 heteroatoms. The third-order valence-corrected chi connectivity index (χ3v) is 4.33. The molecule has 0 unspecified atom stereocenters. The fraction of sp³-hybridized carbons (Fsp3) is 0.667. The Morgan fingerprint density at radius 2 is 2.00 bits per heavy atom. The largest absolute Gasteiger partial charge is 0.313 e. The van der Waals surface area contributed by atoms with E-state index in [1.807, 2.05) is 6.07 Å². The van der Waals surface area contributed by atoms with Crippen molar-refractivity contribution in [2.45, 2.75) is 26.8 Å². The molecule has 0 saturated heterocycles. The van der Waals surface area contributed by atoms with Crippen molar-refractivity contribution in [2.75, 3.05) is 26.2 Å². The number of hydrogen-bond acceptors (Lipinski definition) is 3. The maximum absolute atomic E-state index is 6.04. The Bertz CT molecular complexity index is 324. The molecule has 0 radical (unpaired) electrons. The fourth-order valence-electron chi connectivity index (χ4n) is 1.69. The molecule has 1 N–H and O–H groups in total. The number of hydrogen-bond donors (Lipinski definition) is 1. The third-order valence-electron chi connectivity index (χ3n) is 2.77. The van der Waals surface area contributed by atoms with Gasteiger partial charge in [0.25, 0.3) is 0 Å². The fourth-order valence-corrected chi connectivity index (χ4v) is 3.17. The Kier molecular flexibility index (Phi) is 7.47. The van der Waals surface area contributed by atoms with Crippen LogP contribution < -0.4 is 5.32 Å². The van der Waals surface area contributed by atoms with Crippen LogP contribution in [0.1, 0.15) is 25.8 Å². The van der Waals surface area contributed by atoms with Crippen LogP contribution in [-0.2, 0) is 6.54 Å². The Morgan fingerprint density at radius 1 is 1.29 bits per heavy atom. The highest BCUT2D eigenvalue weighted by atomic mass is 35.5. The molecule has 2 nitrogen and oxygen atoms in total. The van der Waals surface area contributed by atoms with Gasteiger partial charge in [-0.25, -0.2) is 0 Å². The summed E-state index contributed by atoms with van der Waals surface area (Å²) in [4.78, 5) is 2.43. The first kappa shape index (κ1) is 15.3. The summed E-state index contributed by atoms with van der Waals surface area (Å²) >= 11 is 13.4. The van der Waals surface area contributed by atoms with Gasteiger partial charge in [-0.2, -0.15) is 0 Å². The molecule has 1 heterocycles. The predicted octanol–water partition coefficient (Wildman–Crippen LogP) is 3.88. The van der Waals surface area contributed by atoms with Crippen LogP contribution in [-0.4, -0.2) is 31.1 Å². The van der Waals surface area contributed by atoms with Gasteiger partial charge in [-0.1, -0.05) is 37.0 Å². The molecule has 0 aromatic carbocycles. The highest BCUT2D eigenvalue weighted by Crippen LogP contribution is 2.30. The van der Waals surface area contributed by atoms with E-state index in [1.165, 1.54) is 11.3 Å². The molecular formula is C12H20Cl2N2S. The van der Waals surface area contributed by atoms with E-state index < -0.39 is 0 Å². The van der Waals surface area contributed by atoms with Gasteiger partial charge < -0.3 is 10.2 Å². The first-order valence-corrected chi connectivity index (χ1v) is 7.61. The maximum Gasteiger partial charge on any atom is 0.0989 e. The lowest BCUT2D eigenvalue weighted by atomic mass is 10.3. The van der Waals surface area contributed by atoms with E-state index in [9.17, 15) is 0 Å². The van der Waals surface area contributed by atoms with Crippen LogP contribution in [0.5, 0.6) is 0 Å². The minimum atomic E-state index is 0.759. The lowest BCUT2D eigenvalue weighted by molar-refractivity contribution is 0.298. The van der Waals surface area contributed by atoms with Crippen molar-refractivity contribution >= 4 is 34.5 Å². The molecule has 0 bridgehead atoms. The number of nitrogens with one attached hydrogen (secondary N) is 1. The first-order chi connectivity index (χ1) is 8.17. The van der Waals surface area contributed by atoms with Crippen molar-refractivity contribution in [2.24, 2.45) is 0 Å². The van der Waals surface area contributed by atoms with Gasteiger partial charge in [0.2, 0.25) is 0 Å². The van der Waals surface area contributed by atoms with E-state index in [1.54, 1.807) is 0 Å². The van der Waals surface area contributed by atoms with Crippen LogP contribution in [0.25, 0.3) is 0 Å². The van der Waals surface area contributed by atoms with Crippen LogP contribution in [0.3, 0.4) is 0 Å². The van der Waals surface area contributed by atoms with Crippen molar-refractivity contribution in [3.63, 3.8) is 0 Å². The standard InChI is InChI=1S/C12H20Cl2N2S/c1-3-16(4-2)7-5-6-15-9-10-8-11(13)17-12(10)14/h8,15H,3-7,9H2,1-2H3. The van der Waals surface area contributed by atoms with Gasteiger partial charge in [0.1, 0.15) is 0 Å². The molecule has 98 valence electrons. The second-order valence-corrected chi connectivity index (χ2v) is 6.19. The Labute approximate surface area is 118 Å². The van der Waals surface area contributed by atoms with Crippen LogP contribution >= 0.6 is 34.5 Å². The van der Waals surface area contributed by atoms with E-state index >= 15 is 0 Å². The Morgan fingerprint density at radius 3 is 2.53 bits per heavy atom. The molecule has 0 saturated carbocycles. The number of thiophene rings is 1. The van der Waals surface area contributed by atoms with Gasteiger partial charge in [-0.15, -0.1) is 11.3 Å². The summed E-state index contributed by atoms with van der Waals surface area (Å²) in [7, 11) is 0. The quantitative estimate of drug-likeness (QED) is 0.732. The molecule has 0 aliphatic rings. The first-order valence-electron chi connectivity index (χ1n) is 6.04. The summed E-state index contributed by atoms with van der Waals surface area (Å²) < 4.78 is 1.56. The topological polar surface area (TPSA) is 15.3 Å². The summed E-state index contributed by atoms with van der Waals surface area (Å²) in [5.74, 6) is 0. The molecule has 1 rings (SSSR count). The van der Waals surface area contributed by atoms with Crippen molar-refractivity contribution < 1.29 is 0 Å². The number of nitrogens with zero attached hydrogens (tertiary/aromatic N) is 1.